The second-order valence-electron chi connectivity index (χ2n) is 6.68. The van der Waals surface area contributed by atoms with Gasteiger partial charge >= 0.3 is 5.97 Å². The molecule has 0 aliphatic rings. The quantitative estimate of drug-likeness (QED) is 0.239. The SMILES string of the molecule is O=C(COC(=O)/C(=C/c1ccc(Cl)cc1)c1ccc(F)cc1)Nc1cccc2nsnc12. The van der Waals surface area contributed by atoms with E-state index in [-0.39, 0.29) is 5.57 Å². The van der Waals surface area contributed by atoms with E-state index in [0.29, 0.717) is 32.9 Å². The summed E-state index contributed by atoms with van der Waals surface area (Å²) in [5, 5.41) is 3.22. The molecule has 0 unspecified atom stereocenters. The van der Waals surface area contributed by atoms with Crippen molar-refractivity contribution in [2.75, 3.05) is 11.9 Å². The number of nitrogens with zero attached hydrogens (tertiary/aromatic N) is 2. The first-order valence-electron chi connectivity index (χ1n) is 9.41. The standard InChI is InChI=1S/C23H15ClFN3O3S/c24-16-8-4-14(5-9-16)12-18(15-6-10-17(25)11-7-15)23(30)31-13-21(29)26-19-2-1-3-20-22(19)28-32-27-20/h1-12H,13H2,(H,26,29)/b18-12+. The van der Waals surface area contributed by atoms with Gasteiger partial charge in [-0.3, -0.25) is 4.79 Å². The Labute approximate surface area is 191 Å². The maximum Gasteiger partial charge on any atom is 0.339 e. The van der Waals surface area contributed by atoms with Gasteiger partial charge in [0.25, 0.3) is 5.91 Å². The molecule has 1 heterocycles. The number of carbonyl (C=O) groups is 2. The number of hydrogen-bond acceptors (Lipinski definition) is 6. The van der Waals surface area contributed by atoms with E-state index in [9.17, 15) is 14.0 Å². The van der Waals surface area contributed by atoms with Crippen LogP contribution in [0, 0.1) is 5.82 Å². The highest BCUT2D eigenvalue weighted by Gasteiger charge is 2.17. The number of esters is 1. The molecule has 4 aromatic rings. The van der Waals surface area contributed by atoms with E-state index in [1.54, 1.807) is 48.5 Å². The monoisotopic (exact) mass is 467 g/mol. The minimum absolute atomic E-state index is 0.172. The van der Waals surface area contributed by atoms with Gasteiger partial charge in [0.05, 0.1) is 23.0 Å². The average molecular weight is 468 g/mol. The lowest BCUT2D eigenvalue weighted by molar-refractivity contribution is -0.141. The molecule has 0 fully saturated rings. The zero-order valence-corrected chi connectivity index (χ0v) is 18.0. The fourth-order valence-electron chi connectivity index (χ4n) is 2.92. The van der Waals surface area contributed by atoms with Gasteiger partial charge in [-0.15, -0.1) is 0 Å². The second-order valence-corrected chi connectivity index (χ2v) is 7.64. The molecule has 0 saturated heterocycles. The number of nitrogens with one attached hydrogen (secondary N) is 1. The smallest absolute Gasteiger partial charge is 0.339 e. The molecule has 0 aliphatic heterocycles. The summed E-state index contributed by atoms with van der Waals surface area (Å²) in [6.45, 7) is -0.508. The van der Waals surface area contributed by atoms with Gasteiger partial charge in [-0.05, 0) is 53.6 Å². The first-order valence-corrected chi connectivity index (χ1v) is 10.5. The molecule has 3 aromatic carbocycles. The molecule has 0 radical (unpaired) electrons. The van der Waals surface area contributed by atoms with E-state index >= 15 is 0 Å². The molecule has 0 bridgehead atoms. The summed E-state index contributed by atoms with van der Waals surface area (Å²) >= 11 is 6.96. The van der Waals surface area contributed by atoms with Crippen molar-refractivity contribution in [2.45, 2.75) is 0 Å². The molecule has 4 rings (SSSR count). The van der Waals surface area contributed by atoms with E-state index in [1.165, 1.54) is 24.3 Å². The zero-order valence-electron chi connectivity index (χ0n) is 16.4. The maximum atomic E-state index is 13.4. The van der Waals surface area contributed by atoms with Crippen LogP contribution in [0.2, 0.25) is 5.02 Å². The predicted molar refractivity (Wildman–Crippen MR) is 123 cm³/mol. The normalized spacial score (nSPS) is 11.4. The van der Waals surface area contributed by atoms with E-state index in [4.69, 9.17) is 16.3 Å². The van der Waals surface area contributed by atoms with Gasteiger partial charge in [0.15, 0.2) is 6.61 Å². The van der Waals surface area contributed by atoms with Gasteiger partial charge in [0, 0.05) is 5.02 Å². The molecule has 32 heavy (non-hydrogen) atoms. The van der Waals surface area contributed by atoms with Gasteiger partial charge in [-0.1, -0.05) is 41.9 Å². The number of carbonyl (C=O) groups excluding carboxylic acids is 2. The summed E-state index contributed by atoms with van der Waals surface area (Å²) in [4.78, 5) is 25.2. The summed E-state index contributed by atoms with van der Waals surface area (Å²) in [6.07, 6.45) is 1.59. The lowest BCUT2D eigenvalue weighted by atomic mass is 10.0. The molecule has 1 aromatic heterocycles. The molecule has 160 valence electrons. The Morgan fingerprint density at radius 1 is 1.03 bits per heavy atom. The maximum absolute atomic E-state index is 13.4. The topological polar surface area (TPSA) is 81.2 Å². The summed E-state index contributed by atoms with van der Waals surface area (Å²) in [7, 11) is 0. The Balaban J connectivity index is 1.50. The van der Waals surface area contributed by atoms with Crippen LogP contribution in [0.3, 0.4) is 0 Å². The van der Waals surface area contributed by atoms with Gasteiger partial charge in [-0.25, -0.2) is 9.18 Å². The number of halogens is 2. The van der Waals surface area contributed by atoms with E-state index in [0.717, 1.165) is 11.7 Å². The fraction of sp³-hybridized carbons (Fsp3) is 0.0435. The first kappa shape index (κ1) is 21.6. The summed E-state index contributed by atoms with van der Waals surface area (Å²) < 4.78 is 26.9. The molecule has 9 heteroatoms. The molecule has 0 aliphatic carbocycles. The molecule has 6 nitrogen and oxygen atoms in total. The van der Waals surface area contributed by atoms with Crippen LogP contribution in [0.1, 0.15) is 11.1 Å². The van der Waals surface area contributed by atoms with Crippen LogP contribution in [-0.2, 0) is 14.3 Å². The van der Waals surface area contributed by atoms with Crippen molar-refractivity contribution in [3.63, 3.8) is 0 Å². The molecule has 1 N–H and O–H groups in total. The average Bonchev–Trinajstić information content (AvgIpc) is 3.28. The molecule has 0 atom stereocenters. The Morgan fingerprint density at radius 3 is 2.53 bits per heavy atom. The zero-order chi connectivity index (χ0) is 22.5. The molecular weight excluding hydrogens is 453 g/mol. The van der Waals surface area contributed by atoms with Crippen LogP contribution in [0.25, 0.3) is 22.7 Å². The van der Waals surface area contributed by atoms with Gasteiger partial charge in [-0.2, -0.15) is 8.75 Å². The highest BCUT2D eigenvalue weighted by molar-refractivity contribution is 7.00. The molecular formula is C23H15ClFN3O3S. The number of amides is 1. The van der Waals surface area contributed by atoms with E-state index < -0.39 is 24.3 Å². The highest BCUT2D eigenvalue weighted by atomic mass is 35.5. The molecule has 0 spiro atoms. The largest absolute Gasteiger partial charge is 0.452 e. The summed E-state index contributed by atoms with van der Waals surface area (Å²) in [6, 6.07) is 17.5. The summed E-state index contributed by atoms with van der Waals surface area (Å²) in [5.74, 6) is -1.68. The number of hydrogen-bond donors (Lipinski definition) is 1. The fourth-order valence-corrected chi connectivity index (χ4v) is 3.59. The van der Waals surface area contributed by atoms with E-state index in [2.05, 4.69) is 14.1 Å². The second kappa shape index (κ2) is 9.67. The van der Waals surface area contributed by atoms with Crippen molar-refractivity contribution in [1.82, 2.24) is 8.75 Å². The van der Waals surface area contributed by atoms with Crippen molar-refractivity contribution in [2.24, 2.45) is 0 Å². The Hall–Kier alpha value is -3.62. The van der Waals surface area contributed by atoms with Crippen LogP contribution in [0.4, 0.5) is 10.1 Å². The van der Waals surface area contributed by atoms with Crippen LogP contribution in [0.15, 0.2) is 66.7 Å². The number of benzene rings is 3. The Kier molecular flexibility index (Phi) is 6.53. The first-order chi connectivity index (χ1) is 15.5. The van der Waals surface area contributed by atoms with Crippen molar-refractivity contribution in [1.29, 1.82) is 0 Å². The number of rotatable bonds is 6. The van der Waals surface area contributed by atoms with Crippen LogP contribution < -0.4 is 5.32 Å². The molecule has 1 amide bonds. The number of ether oxygens (including phenoxy) is 1. The summed E-state index contributed by atoms with van der Waals surface area (Å²) in [5.41, 5.74) is 3.02. The number of anilines is 1. The van der Waals surface area contributed by atoms with Crippen molar-refractivity contribution >= 4 is 63.6 Å². The van der Waals surface area contributed by atoms with Crippen LogP contribution >= 0.6 is 23.3 Å². The lowest BCUT2D eigenvalue weighted by Crippen LogP contribution is -2.21. The van der Waals surface area contributed by atoms with Gasteiger partial charge < -0.3 is 10.1 Å². The number of fused-ring (bicyclic) bond motifs is 1. The Bertz CT molecular complexity index is 1300. The van der Waals surface area contributed by atoms with Gasteiger partial charge in [0.1, 0.15) is 16.9 Å². The Morgan fingerprint density at radius 2 is 1.78 bits per heavy atom. The van der Waals surface area contributed by atoms with E-state index in [1.807, 2.05) is 0 Å². The minimum Gasteiger partial charge on any atom is -0.452 e. The van der Waals surface area contributed by atoms with Crippen LogP contribution in [0.5, 0.6) is 0 Å². The third kappa shape index (κ3) is 5.16. The van der Waals surface area contributed by atoms with Gasteiger partial charge in [0.2, 0.25) is 0 Å². The molecule has 0 saturated carbocycles. The minimum atomic E-state index is -0.727. The lowest BCUT2D eigenvalue weighted by Gasteiger charge is -2.10. The van der Waals surface area contributed by atoms with Crippen LogP contribution in [-0.4, -0.2) is 27.2 Å². The third-order valence-electron chi connectivity index (χ3n) is 4.45. The number of aromatic nitrogens is 2. The van der Waals surface area contributed by atoms with Crippen molar-refractivity contribution in [3.05, 3.63) is 88.7 Å². The highest BCUT2D eigenvalue weighted by Crippen LogP contribution is 2.23. The van der Waals surface area contributed by atoms with Crippen molar-refractivity contribution < 1.29 is 18.7 Å². The predicted octanol–water partition coefficient (Wildman–Crippen LogP) is 5.21. The van der Waals surface area contributed by atoms with Crippen molar-refractivity contribution in [3.8, 4) is 0 Å². The third-order valence-corrected chi connectivity index (χ3v) is 5.25.